The van der Waals surface area contributed by atoms with Gasteiger partial charge in [0, 0.05) is 44.3 Å². The minimum Gasteiger partial charge on any atom is -0.312 e. The molecule has 3 saturated heterocycles. The van der Waals surface area contributed by atoms with Crippen molar-refractivity contribution in [3.63, 3.8) is 0 Å². The first-order valence-corrected chi connectivity index (χ1v) is 7.45. The van der Waals surface area contributed by atoms with Crippen LogP contribution in [0.15, 0.2) is 0 Å². The summed E-state index contributed by atoms with van der Waals surface area (Å²) in [4.78, 5) is 5.41. The van der Waals surface area contributed by atoms with Crippen LogP contribution >= 0.6 is 0 Å². The van der Waals surface area contributed by atoms with E-state index in [-0.39, 0.29) is 0 Å². The van der Waals surface area contributed by atoms with Gasteiger partial charge in [-0.05, 0) is 45.6 Å². The van der Waals surface area contributed by atoms with Gasteiger partial charge in [0.1, 0.15) is 0 Å². The molecule has 0 aromatic rings. The molecule has 3 nitrogen and oxygen atoms in total. The minimum absolute atomic E-state index is 0.725. The van der Waals surface area contributed by atoms with E-state index in [9.17, 15) is 0 Å². The number of hydrogen-bond donors (Lipinski definition) is 1. The van der Waals surface area contributed by atoms with E-state index in [2.05, 4.69) is 29.0 Å². The summed E-state index contributed by atoms with van der Waals surface area (Å²) in [6.07, 6.45) is 4.23. The average molecular weight is 237 g/mol. The van der Waals surface area contributed by atoms with Crippen LogP contribution in [0.25, 0.3) is 0 Å². The van der Waals surface area contributed by atoms with Crippen molar-refractivity contribution in [2.75, 3.05) is 32.7 Å². The molecule has 3 fully saturated rings. The van der Waals surface area contributed by atoms with Gasteiger partial charge in [0.25, 0.3) is 0 Å². The number of likely N-dealkylation sites (tertiary alicyclic amines) is 2. The maximum absolute atomic E-state index is 3.71. The van der Waals surface area contributed by atoms with Gasteiger partial charge in [-0.15, -0.1) is 0 Å². The Hall–Kier alpha value is -0.120. The molecule has 0 aromatic heterocycles. The Kier molecular flexibility index (Phi) is 3.42. The molecule has 3 heteroatoms. The summed E-state index contributed by atoms with van der Waals surface area (Å²) < 4.78 is 0. The molecule has 3 aliphatic rings. The second-order valence-electron chi connectivity index (χ2n) is 6.45. The van der Waals surface area contributed by atoms with E-state index in [4.69, 9.17) is 0 Å². The Morgan fingerprint density at radius 2 is 2.00 bits per heavy atom. The molecule has 98 valence electrons. The number of piperidine rings is 1. The van der Waals surface area contributed by atoms with Crippen LogP contribution in [0, 0.1) is 5.92 Å². The number of hydrogen-bond acceptors (Lipinski definition) is 3. The van der Waals surface area contributed by atoms with Crippen LogP contribution in [0.2, 0.25) is 0 Å². The lowest BCUT2D eigenvalue weighted by Crippen LogP contribution is -2.42. The standard InChI is InChI=1S/C14H27N3/c1-11(2)16-7-5-13(9-16)17-8-12-4-3-6-15-14(12)10-17/h11-15H,3-10H2,1-2H3. The molecule has 0 spiro atoms. The molecule has 3 unspecified atom stereocenters. The Balaban J connectivity index is 1.56. The van der Waals surface area contributed by atoms with Crippen molar-refractivity contribution < 1.29 is 0 Å². The molecule has 0 aliphatic carbocycles. The van der Waals surface area contributed by atoms with E-state index in [0.717, 1.165) is 24.0 Å². The fraction of sp³-hybridized carbons (Fsp3) is 1.00. The zero-order chi connectivity index (χ0) is 11.8. The van der Waals surface area contributed by atoms with Gasteiger partial charge in [-0.3, -0.25) is 9.80 Å². The average Bonchev–Trinajstić information content (AvgIpc) is 2.95. The third-order valence-electron chi connectivity index (χ3n) is 5.07. The van der Waals surface area contributed by atoms with Crippen LogP contribution in [0.5, 0.6) is 0 Å². The molecule has 0 radical (unpaired) electrons. The molecular formula is C14H27N3. The van der Waals surface area contributed by atoms with Crippen LogP contribution in [-0.2, 0) is 0 Å². The molecular weight excluding hydrogens is 210 g/mol. The summed E-state index contributed by atoms with van der Waals surface area (Å²) in [6.45, 7) is 11.2. The van der Waals surface area contributed by atoms with Crippen molar-refractivity contribution in [1.82, 2.24) is 15.1 Å². The summed E-state index contributed by atoms with van der Waals surface area (Å²) in [5.41, 5.74) is 0. The molecule has 0 bridgehead atoms. The maximum atomic E-state index is 3.71. The minimum atomic E-state index is 0.725. The number of nitrogens with zero attached hydrogens (tertiary/aromatic N) is 2. The quantitative estimate of drug-likeness (QED) is 0.777. The van der Waals surface area contributed by atoms with Crippen molar-refractivity contribution in [3.8, 4) is 0 Å². The van der Waals surface area contributed by atoms with Crippen LogP contribution in [0.3, 0.4) is 0 Å². The van der Waals surface area contributed by atoms with Crippen LogP contribution < -0.4 is 5.32 Å². The smallest absolute Gasteiger partial charge is 0.0236 e. The topological polar surface area (TPSA) is 18.5 Å². The van der Waals surface area contributed by atoms with Crippen molar-refractivity contribution in [3.05, 3.63) is 0 Å². The molecule has 3 heterocycles. The van der Waals surface area contributed by atoms with E-state index in [1.807, 2.05) is 0 Å². The maximum Gasteiger partial charge on any atom is 0.0236 e. The molecule has 3 aliphatic heterocycles. The van der Waals surface area contributed by atoms with Crippen molar-refractivity contribution >= 4 is 0 Å². The lowest BCUT2D eigenvalue weighted by Gasteiger charge is -2.25. The van der Waals surface area contributed by atoms with Crippen LogP contribution in [-0.4, -0.2) is 60.6 Å². The second kappa shape index (κ2) is 4.87. The highest BCUT2D eigenvalue weighted by Gasteiger charge is 2.39. The Morgan fingerprint density at radius 1 is 1.12 bits per heavy atom. The largest absolute Gasteiger partial charge is 0.312 e. The predicted octanol–water partition coefficient (Wildman–Crippen LogP) is 1.15. The van der Waals surface area contributed by atoms with E-state index in [0.29, 0.717) is 0 Å². The Morgan fingerprint density at radius 3 is 2.71 bits per heavy atom. The fourth-order valence-corrected chi connectivity index (χ4v) is 3.91. The number of fused-ring (bicyclic) bond motifs is 1. The molecule has 3 rings (SSSR count). The molecule has 1 N–H and O–H groups in total. The lowest BCUT2D eigenvalue weighted by molar-refractivity contribution is 0.208. The van der Waals surface area contributed by atoms with Gasteiger partial charge in [-0.2, -0.15) is 0 Å². The monoisotopic (exact) mass is 237 g/mol. The first kappa shape index (κ1) is 11.9. The van der Waals surface area contributed by atoms with Crippen molar-refractivity contribution in [2.24, 2.45) is 5.92 Å². The van der Waals surface area contributed by atoms with E-state index in [1.165, 1.54) is 52.0 Å². The Labute approximate surface area is 106 Å². The predicted molar refractivity (Wildman–Crippen MR) is 71.2 cm³/mol. The third kappa shape index (κ3) is 2.38. The van der Waals surface area contributed by atoms with Gasteiger partial charge in [0.05, 0.1) is 0 Å². The zero-order valence-corrected chi connectivity index (χ0v) is 11.4. The molecule has 0 aromatic carbocycles. The summed E-state index contributed by atoms with van der Waals surface area (Å²) in [5.74, 6) is 0.942. The highest BCUT2D eigenvalue weighted by molar-refractivity contribution is 4.96. The van der Waals surface area contributed by atoms with Crippen molar-refractivity contribution in [1.29, 1.82) is 0 Å². The molecule has 0 saturated carbocycles. The summed E-state index contributed by atoms with van der Waals surface area (Å²) in [6, 6.07) is 2.37. The fourth-order valence-electron chi connectivity index (χ4n) is 3.91. The van der Waals surface area contributed by atoms with Gasteiger partial charge in [-0.1, -0.05) is 0 Å². The molecule has 3 atom stereocenters. The first-order chi connectivity index (χ1) is 8.24. The van der Waals surface area contributed by atoms with E-state index < -0.39 is 0 Å². The van der Waals surface area contributed by atoms with Gasteiger partial charge < -0.3 is 5.32 Å². The summed E-state index contributed by atoms with van der Waals surface area (Å²) >= 11 is 0. The van der Waals surface area contributed by atoms with Gasteiger partial charge >= 0.3 is 0 Å². The number of rotatable bonds is 2. The third-order valence-corrected chi connectivity index (χ3v) is 5.07. The highest BCUT2D eigenvalue weighted by atomic mass is 15.3. The van der Waals surface area contributed by atoms with Gasteiger partial charge in [-0.25, -0.2) is 0 Å². The highest BCUT2D eigenvalue weighted by Crippen LogP contribution is 2.29. The summed E-state index contributed by atoms with van der Waals surface area (Å²) in [5, 5.41) is 3.71. The summed E-state index contributed by atoms with van der Waals surface area (Å²) in [7, 11) is 0. The zero-order valence-electron chi connectivity index (χ0n) is 11.4. The molecule has 17 heavy (non-hydrogen) atoms. The van der Waals surface area contributed by atoms with Crippen LogP contribution in [0.1, 0.15) is 33.1 Å². The van der Waals surface area contributed by atoms with E-state index in [1.54, 1.807) is 0 Å². The normalized spacial score (nSPS) is 40.1. The van der Waals surface area contributed by atoms with Gasteiger partial charge in [0.15, 0.2) is 0 Å². The van der Waals surface area contributed by atoms with Gasteiger partial charge in [0.2, 0.25) is 0 Å². The number of nitrogens with one attached hydrogen (secondary N) is 1. The first-order valence-electron chi connectivity index (χ1n) is 7.45. The van der Waals surface area contributed by atoms with E-state index >= 15 is 0 Å². The second-order valence-corrected chi connectivity index (χ2v) is 6.45. The SMILES string of the molecule is CC(C)N1CCC(N2CC3CCCNC3C2)C1. The Bertz CT molecular complexity index is 252. The molecule has 0 amide bonds. The lowest BCUT2D eigenvalue weighted by atomic mass is 9.94. The van der Waals surface area contributed by atoms with Crippen molar-refractivity contribution in [2.45, 2.75) is 51.2 Å². The van der Waals surface area contributed by atoms with Crippen LogP contribution in [0.4, 0.5) is 0 Å².